The van der Waals surface area contributed by atoms with Crippen LogP contribution in [0.3, 0.4) is 0 Å². The van der Waals surface area contributed by atoms with E-state index < -0.39 is 17.9 Å². The number of nitrogens with zero attached hydrogens (tertiary/aromatic N) is 2. The van der Waals surface area contributed by atoms with Gasteiger partial charge in [0, 0.05) is 16.6 Å². The average molecular weight is 395 g/mol. The van der Waals surface area contributed by atoms with Gasteiger partial charge in [-0.2, -0.15) is 0 Å². The van der Waals surface area contributed by atoms with Crippen molar-refractivity contribution in [2.45, 2.75) is 24.9 Å². The van der Waals surface area contributed by atoms with Gasteiger partial charge in [-0.15, -0.1) is 0 Å². The lowest BCUT2D eigenvalue weighted by atomic mass is 9.85. The van der Waals surface area contributed by atoms with Gasteiger partial charge in [-0.05, 0) is 43.7 Å². The molecule has 4 atom stereocenters. The average Bonchev–Trinajstić information content (AvgIpc) is 3.35. The largest absolute Gasteiger partial charge is 0.292 e. The predicted octanol–water partition coefficient (Wildman–Crippen LogP) is 3.18. The minimum atomic E-state index is -0.624. The zero-order chi connectivity index (χ0) is 19.4. The molecule has 3 heterocycles. The Balaban J connectivity index is 1.55. The number of benzene rings is 2. The first-order chi connectivity index (χ1) is 13.6. The molecule has 0 aromatic heterocycles. The molecule has 0 N–H and O–H groups in total. The fourth-order valence-corrected chi connectivity index (χ4v) is 5.26. The van der Waals surface area contributed by atoms with Crippen molar-refractivity contribution in [1.29, 1.82) is 0 Å². The fourth-order valence-electron chi connectivity index (χ4n) is 5.13. The highest BCUT2D eigenvalue weighted by atomic mass is 35.5. The number of carbonyl (C=O) groups is 3. The fraction of sp³-hybridized carbons (Fsp3) is 0.318. The van der Waals surface area contributed by atoms with Gasteiger partial charge in [0.2, 0.25) is 11.8 Å². The van der Waals surface area contributed by atoms with Crippen LogP contribution < -0.4 is 4.90 Å². The normalized spacial score (nSPS) is 29.2. The minimum Gasteiger partial charge on any atom is -0.292 e. The number of hydrogen-bond acceptors (Lipinski definition) is 4. The van der Waals surface area contributed by atoms with Crippen LogP contribution >= 0.6 is 11.6 Å². The number of ketones is 1. The number of Topliss-reactive ketones (excluding diaryl/α,β-unsaturated/α-hetero) is 1. The van der Waals surface area contributed by atoms with Crippen LogP contribution in [-0.4, -0.2) is 41.1 Å². The highest BCUT2D eigenvalue weighted by molar-refractivity contribution is 6.31. The van der Waals surface area contributed by atoms with Crippen LogP contribution in [0.2, 0.25) is 5.02 Å². The van der Waals surface area contributed by atoms with E-state index in [9.17, 15) is 14.4 Å². The molecule has 5 nitrogen and oxygen atoms in total. The summed E-state index contributed by atoms with van der Waals surface area (Å²) in [4.78, 5) is 43.3. The maximum Gasteiger partial charge on any atom is 0.239 e. The van der Waals surface area contributed by atoms with Gasteiger partial charge in [0.05, 0.1) is 23.6 Å². The van der Waals surface area contributed by atoms with Crippen LogP contribution in [0.1, 0.15) is 23.2 Å². The molecule has 6 heteroatoms. The Labute approximate surface area is 167 Å². The molecule has 5 rings (SSSR count). The van der Waals surface area contributed by atoms with Crippen molar-refractivity contribution in [3.05, 3.63) is 65.2 Å². The van der Waals surface area contributed by atoms with Crippen molar-refractivity contribution in [2.24, 2.45) is 11.8 Å². The van der Waals surface area contributed by atoms with Gasteiger partial charge in [-0.25, -0.2) is 4.90 Å². The summed E-state index contributed by atoms with van der Waals surface area (Å²) in [5.41, 5.74) is 1.10. The molecule has 2 amide bonds. The molecule has 3 aliphatic rings. The Morgan fingerprint density at radius 2 is 1.61 bits per heavy atom. The van der Waals surface area contributed by atoms with E-state index in [0.717, 1.165) is 19.4 Å². The monoisotopic (exact) mass is 394 g/mol. The summed E-state index contributed by atoms with van der Waals surface area (Å²) in [7, 11) is 0. The number of carbonyl (C=O) groups excluding carboxylic acids is 3. The quantitative estimate of drug-likeness (QED) is 0.592. The summed E-state index contributed by atoms with van der Waals surface area (Å²) >= 11 is 5.95. The summed E-state index contributed by atoms with van der Waals surface area (Å²) in [6.07, 6.45) is 1.78. The van der Waals surface area contributed by atoms with E-state index >= 15 is 0 Å². The Hall–Kier alpha value is -2.50. The SMILES string of the molecule is O=C(c1ccccc1)[C@@H]1[C@@H]2C(=O)N(c3ccc(Cl)cc3)C(=O)[C@@H]2[C@@H]2CCCN12. The van der Waals surface area contributed by atoms with E-state index in [4.69, 9.17) is 11.6 Å². The van der Waals surface area contributed by atoms with E-state index in [2.05, 4.69) is 4.90 Å². The molecule has 0 radical (unpaired) electrons. The number of rotatable bonds is 3. The summed E-state index contributed by atoms with van der Waals surface area (Å²) in [6.45, 7) is 0.752. The lowest BCUT2D eigenvalue weighted by molar-refractivity contribution is -0.123. The summed E-state index contributed by atoms with van der Waals surface area (Å²) in [5.74, 6) is -1.62. The summed E-state index contributed by atoms with van der Waals surface area (Å²) in [6, 6.07) is 15.1. The van der Waals surface area contributed by atoms with E-state index in [0.29, 0.717) is 16.3 Å². The first-order valence-electron chi connectivity index (χ1n) is 9.56. The molecule has 3 saturated heterocycles. The summed E-state index contributed by atoms with van der Waals surface area (Å²) < 4.78 is 0. The van der Waals surface area contributed by atoms with Crippen molar-refractivity contribution in [3.63, 3.8) is 0 Å². The molecule has 2 aromatic carbocycles. The van der Waals surface area contributed by atoms with Crippen molar-refractivity contribution >= 4 is 34.9 Å². The Bertz CT molecular complexity index is 960. The molecule has 28 heavy (non-hydrogen) atoms. The first kappa shape index (κ1) is 17.6. The van der Waals surface area contributed by atoms with Gasteiger partial charge in [0.1, 0.15) is 0 Å². The highest BCUT2D eigenvalue weighted by Gasteiger charge is 2.64. The van der Waals surface area contributed by atoms with Crippen LogP contribution in [0.25, 0.3) is 0 Å². The number of hydrogen-bond donors (Lipinski definition) is 0. The molecule has 0 spiro atoms. The minimum absolute atomic E-state index is 0.0450. The van der Waals surface area contributed by atoms with Gasteiger partial charge in [0.15, 0.2) is 5.78 Å². The number of halogens is 1. The van der Waals surface area contributed by atoms with Crippen molar-refractivity contribution in [1.82, 2.24) is 4.90 Å². The van der Waals surface area contributed by atoms with Gasteiger partial charge >= 0.3 is 0 Å². The van der Waals surface area contributed by atoms with Gasteiger partial charge in [0.25, 0.3) is 0 Å². The second-order valence-corrected chi connectivity index (χ2v) is 8.10. The molecule has 0 unspecified atom stereocenters. The predicted molar refractivity (Wildman–Crippen MR) is 105 cm³/mol. The van der Waals surface area contributed by atoms with Gasteiger partial charge < -0.3 is 0 Å². The van der Waals surface area contributed by atoms with Gasteiger partial charge in [-0.3, -0.25) is 19.3 Å². The van der Waals surface area contributed by atoms with Crippen LogP contribution in [0, 0.1) is 11.8 Å². The van der Waals surface area contributed by atoms with E-state index in [1.54, 1.807) is 36.4 Å². The molecule has 3 aliphatic heterocycles. The van der Waals surface area contributed by atoms with Crippen molar-refractivity contribution < 1.29 is 14.4 Å². The second kappa shape index (κ2) is 6.54. The smallest absolute Gasteiger partial charge is 0.239 e. The van der Waals surface area contributed by atoms with Crippen LogP contribution in [0.15, 0.2) is 54.6 Å². The van der Waals surface area contributed by atoms with Crippen molar-refractivity contribution in [2.75, 3.05) is 11.4 Å². The zero-order valence-corrected chi connectivity index (χ0v) is 15.9. The second-order valence-electron chi connectivity index (χ2n) is 7.66. The third kappa shape index (κ3) is 2.46. The lowest BCUT2D eigenvalue weighted by Crippen LogP contribution is -2.46. The Morgan fingerprint density at radius 1 is 0.929 bits per heavy atom. The van der Waals surface area contributed by atoms with Crippen molar-refractivity contribution in [3.8, 4) is 0 Å². The lowest BCUT2D eigenvalue weighted by Gasteiger charge is -2.27. The Morgan fingerprint density at radius 3 is 2.32 bits per heavy atom. The maximum atomic E-state index is 13.4. The molecule has 0 saturated carbocycles. The molecule has 0 bridgehead atoms. The first-order valence-corrected chi connectivity index (χ1v) is 9.94. The molecule has 0 aliphatic carbocycles. The standard InChI is InChI=1S/C22H19ClN2O3/c23-14-8-10-15(11-9-14)25-21(27)17-16-7-4-12-24(16)19(18(17)22(25)28)20(26)13-5-2-1-3-6-13/h1-3,5-6,8-11,16-19H,4,7,12H2/t16-,17+,18+,19-/m0/s1. The number of imide groups is 1. The molecular weight excluding hydrogens is 376 g/mol. The molecule has 2 aromatic rings. The number of anilines is 1. The van der Waals surface area contributed by atoms with Crippen LogP contribution in [-0.2, 0) is 9.59 Å². The molecule has 142 valence electrons. The number of fused-ring (bicyclic) bond motifs is 3. The van der Waals surface area contributed by atoms with Crippen LogP contribution in [0.5, 0.6) is 0 Å². The zero-order valence-electron chi connectivity index (χ0n) is 15.1. The molecule has 3 fully saturated rings. The third-order valence-corrected chi connectivity index (χ3v) is 6.52. The summed E-state index contributed by atoms with van der Waals surface area (Å²) in [5, 5.41) is 0.544. The topological polar surface area (TPSA) is 57.7 Å². The van der Waals surface area contributed by atoms with Gasteiger partial charge in [-0.1, -0.05) is 41.9 Å². The third-order valence-electron chi connectivity index (χ3n) is 6.26. The Kier molecular flexibility index (Phi) is 4.11. The number of amides is 2. The maximum absolute atomic E-state index is 13.4. The van der Waals surface area contributed by atoms with E-state index in [-0.39, 0.29) is 23.6 Å². The van der Waals surface area contributed by atoms with Crippen LogP contribution in [0.4, 0.5) is 5.69 Å². The van der Waals surface area contributed by atoms with E-state index in [1.807, 2.05) is 18.2 Å². The molecular formula is C22H19ClN2O3. The highest BCUT2D eigenvalue weighted by Crippen LogP contribution is 2.48. The van der Waals surface area contributed by atoms with E-state index in [1.165, 1.54) is 4.90 Å².